The van der Waals surface area contributed by atoms with Crippen LogP contribution in [0, 0.1) is 5.82 Å². The molecule has 0 heterocycles. The lowest BCUT2D eigenvalue weighted by atomic mass is 10.0. The van der Waals surface area contributed by atoms with Gasteiger partial charge in [-0.05, 0) is 29.8 Å². The number of hydrogen-bond acceptors (Lipinski definition) is 2. The molecule has 2 aromatic carbocycles. The SMILES string of the molecule is COc1ccc(CC(O)c2ccc(Br)cc2F)cc1. The largest absolute Gasteiger partial charge is 0.497 e. The van der Waals surface area contributed by atoms with Crippen molar-refractivity contribution in [1.29, 1.82) is 0 Å². The van der Waals surface area contributed by atoms with Crippen molar-refractivity contribution >= 4 is 15.9 Å². The van der Waals surface area contributed by atoms with Crippen LogP contribution < -0.4 is 4.74 Å². The predicted octanol–water partition coefficient (Wildman–Crippen LogP) is 3.87. The number of aliphatic hydroxyl groups excluding tert-OH is 1. The molecule has 100 valence electrons. The van der Waals surface area contributed by atoms with E-state index in [2.05, 4.69) is 15.9 Å². The second kappa shape index (κ2) is 6.17. The third-order valence-electron chi connectivity index (χ3n) is 2.91. The van der Waals surface area contributed by atoms with Crippen molar-refractivity contribution in [2.45, 2.75) is 12.5 Å². The highest BCUT2D eigenvalue weighted by Crippen LogP contribution is 2.24. The highest BCUT2D eigenvalue weighted by molar-refractivity contribution is 9.10. The van der Waals surface area contributed by atoms with Crippen molar-refractivity contribution in [3.63, 3.8) is 0 Å². The Morgan fingerprint density at radius 3 is 2.47 bits per heavy atom. The lowest BCUT2D eigenvalue weighted by Crippen LogP contribution is -2.04. The van der Waals surface area contributed by atoms with Crippen LogP contribution >= 0.6 is 15.9 Å². The van der Waals surface area contributed by atoms with E-state index in [0.29, 0.717) is 16.5 Å². The first-order chi connectivity index (χ1) is 9.10. The summed E-state index contributed by atoms with van der Waals surface area (Å²) in [5.41, 5.74) is 1.23. The van der Waals surface area contributed by atoms with Gasteiger partial charge >= 0.3 is 0 Å². The first-order valence-electron chi connectivity index (χ1n) is 5.86. The smallest absolute Gasteiger partial charge is 0.130 e. The Labute approximate surface area is 120 Å². The van der Waals surface area contributed by atoms with Crippen LogP contribution in [0.2, 0.25) is 0 Å². The fourth-order valence-electron chi connectivity index (χ4n) is 1.87. The minimum absolute atomic E-state index is 0.305. The summed E-state index contributed by atoms with van der Waals surface area (Å²) >= 11 is 3.19. The number of methoxy groups -OCH3 is 1. The lowest BCUT2D eigenvalue weighted by molar-refractivity contribution is 0.173. The molecule has 0 aliphatic carbocycles. The zero-order valence-corrected chi connectivity index (χ0v) is 12.0. The number of benzene rings is 2. The Balaban J connectivity index is 2.13. The molecule has 0 saturated carbocycles. The van der Waals surface area contributed by atoms with Crippen LogP contribution in [0.25, 0.3) is 0 Å². The third kappa shape index (κ3) is 3.55. The summed E-state index contributed by atoms with van der Waals surface area (Å²) in [5.74, 6) is 0.350. The molecule has 0 aliphatic heterocycles. The maximum Gasteiger partial charge on any atom is 0.130 e. The average molecular weight is 325 g/mol. The van der Waals surface area contributed by atoms with Crippen molar-refractivity contribution < 1.29 is 14.2 Å². The van der Waals surface area contributed by atoms with Crippen molar-refractivity contribution in [3.8, 4) is 5.75 Å². The van der Waals surface area contributed by atoms with Gasteiger partial charge in [-0.1, -0.05) is 34.1 Å². The van der Waals surface area contributed by atoms with E-state index < -0.39 is 11.9 Å². The number of rotatable bonds is 4. The van der Waals surface area contributed by atoms with Gasteiger partial charge in [0.1, 0.15) is 11.6 Å². The molecule has 0 aromatic heterocycles. The Hall–Kier alpha value is -1.39. The Bertz CT molecular complexity index is 555. The normalized spacial score (nSPS) is 12.2. The highest BCUT2D eigenvalue weighted by Gasteiger charge is 2.13. The van der Waals surface area contributed by atoms with Crippen LogP contribution in [0.4, 0.5) is 4.39 Å². The molecule has 19 heavy (non-hydrogen) atoms. The average Bonchev–Trinajstić information content (AvgIpc) is 2.39. The summed E-state index contributed by atoms with van der Waals surface area (Å²) in [6.45, 7) is 0. The van der Waals surface area contributed by atoms with Gasteiger partial charge in [0, 0.05) is 16.5 Å². The number of hydrogen-bond donors (Lipinski definition) is 1. The Morgan fingerprint density at radius 1 is 1.21 bits per heavy atom. The molecule has 1 atom stereocenters. The first kappa shape index (κ1) is 14.0. The van der Waals surface area contributed by atoms with E-state index in [9.17, 15) is 9.50 Å². The molecule has 1 unspecified atom stereocenters. The summed E-state index contributed by atoms with van der Waals surface area (Å²) in [6.07, 6.45) is -0.496. The van der Waals surface area contributed by atoms with Gasteiger partial charge in [-0.2, -0.15) is 0 Å². The van der Waals surface area contributed by atoms with E-state index in [0.717, 1.165) is 11.3 Å². The van der Waals surface area contributed by atoms with Gasteiger partial charge in [0.2, 0.25) is 0 Å². The molecule has 4 heteroatoms. The van der Waals surface area contributed by atoms with Crippen LogP contribution in [0.15, 0.2) is 46.9 Å². The minimum atomic E-state index is -0.860. The molecule has 0 saturated heterocycles. The molecular weight excluding hydrogens is 311 g/mol. The molecule has 1 N–H and O–H groups in total. The standard InChI is InChI=1S/C15H14BrFO2/c1-19-12-5-2-10(3-6-12)8-15(18)13-7-4-11(16)9-14(13)17/h2-7,9,15,18H,8H2,1H3. The van der Waals surface area contributed by atoms with Crippen LogP contribution in [0.5, 0.6) is 5.75 Å². The molecular formula is C15H14BrFO2. The maximum absolute atomic E-state index is 13.7. The van der Waals surface area contributed by atoms with Crippen molar-refractivity contribution in [2.75, 3.05) is 7.11 Å². The summed E-state index contributed by atoms with van der Waals surface area (Å²) < 4.78 is 19.4. The van der Waals surface area contributed by atoms with E-state index in [1.54, 1.807) is 19.2 Å². The quantitative estimate of drug-likeness (QED) is 0.925. The van der Waals surface area contributed by atoms with Crippen molar-refractivity contribution in [2.24, 2.45) is 0 Å². The molecule has 0 aliphatic rings. The summed E-state index contributed by atoms with van der Waals surface area (Å²) in [6, 6.07) is 12.0. The van der Waals surface area contributed by atoms with E-state index in [1.165, 1.54) is 6.07 Å². The highest BCUT2D eigenvalue weighted by atomic mass is 79.9. The van der Waals surface area contributed by atoms with Gasteiger partial charge in [0.25, 0.3) is 0 Å². The van der Waals surface area contributed by atoms with Gasteiger partial charge in [0.05, 0.1) is 13.2 Å². The molecule has 0 bridgehead atoms. The molecule has 2 aromatic rings. The van der Waals surface area contributed by atoms with E-state index in [1.807, 2.05) is 24.3 Å². The van der Waals surface area contributed by atoms with Gasteiger partial charge in [-0.15, -0.1) is 0 Å². The summed E-state index contributed by atoms with van der Waals surface area (Å²) in [4.78, 5) is 0. The zero-order chi connectivity index (χ0) is 13.8. The minimum Gasteiger partial charge on any atom is -0.497 e. The predicted molar refractivity (Wildman–Crippen MR) is 75.8 cm³/mol. The van der Waals surface area contributed by atoms with Crippen LogP contribution in [0.3, 0.4) is 0 Å². The fraction of sp³-hybridized carbons (Fsp3) is 0.200. The topological polar surface area (TPSA) is 29.5 Å². The number of aliphatic hydroxyl groups is 1. The second-order valence-electron chi connectivity index (χ2n) is 4.23. The van der Waals surface area contributed by atoms with Crippen molar-refractivity contribution in [3.05, 3.63) is 63.9 Å². The van der Waals surface area contributed by atoms with E-state index in [4.69, 9.17) is 4.74 Å². The molecule has 0 radical (unpaired) electrons. The van der Waals surface area contributed by atoms with Crippen LogP contribution in [-0.4, -0.2) is 12.2 Å². The molecule has 0 spiro atoms. The van der Waals surface area contributed by atoms with Gasteiger partial charge in [0.15, 0.2) is 0 Å². The number of ether oxygens (including phenoxy) is 1. The molecule has 2 rings (SSSR count). The second-order valence-corrected chi connectivity index (χ2v) is 5.15. The van der Waals surface area contributed by atoms with Crippen LogP contribution in [0.1, 0.15) is 17.2 Å². The molecule has 0 amide bonds. The van der Waals surface area contributed by atoms with Crippen molar-refractivity contribution in [1.82, 2.24) is 0 Å². The lowest BCUT2D eigenvalue weighted by Gasteiger charge is -2.12. The summed E-state index contributed by atoms with van der Waals surface area (Å²) in [7, 11) is 1.60. The number of halogens is 2. The molecule has 0 fully saturated rings. The Morgan fingerprint density at radius 2 is 1.89 bits per heavy atom. The third-order valence-corrected chi connectivity index (χ3v) is 3.40. The summed E-state index contributed by atoms with van der Waals surface area (Å²) in [5, 5.41) is 10.1. The zero-order valence-electron chi connectivity index (χ0n) is 10.4. The van der Waals surface area contributed by atoms with Gasteiger partial charge in [-0.3, -0.25) is 0 Å². The van der Waals surface area contributed by atoms with Gasteiger partial charge in [-0.25, -0.2) is 4.39 Å². The monoisotopic (exact) mass is 324 g/mol. The first-order valence-corrected chi connectivity index (χ1v) is 6.65. The van der Waals surface area contributed by atoms with Crippen LogP contribution in [-0.2, 0) is 6.42 Å². The molecule has 2 nitrogen and oxygen atoms in total. The van der Waals surface area contributed by atoms with Gasteiger partial charge < -0.3 is 9.84 Å². The van der Waals surface area contributed by atoms with E-state index in [-0.39, 0.29) is 0 Å². The fourth-order valence-corrected chi connectivity index (χ4v) is 2.20. The van der Waals surface area contributed by atoms with E-state index >= 15 is 0 Å². The maximum atomic E-state index is 13.7. The Kier molecular flexibility index (Phi) is 4.56.